The molecule has 0 aliphatic carbocycles. The number of ether oxygens (including phenoxy) is 1. The van der Waals surface area contributed by atoms with Gasteiger partial charge in [-0.3, -0.25) is 4.79 Å². The number of carbonyl (C=O) groups is 1. The molecule has 4 nitrogen and oxygen atoms in total. The lowest BCUT2D eigenvalue weighted by Gasteiger charge is -2.06. The molecule has 0 saturated heterocycles. The van der Waals surface area contributed by atoms with E-state index in [1.807, 2.05) is 0 Å². The number of hydrogen-bond acceptors (Lipinski definition) is 3. The minimum atomic E-state index is -0.0482. The highest BCUT2D eigenvalue weighted by atomic mass is 16.5. The van der Waals surface area contributed by atoms with Crippen molar-refractivity contribution >= 4 is 5.91 Å². The summed E-state index contributed by atoms with van der Waals surface area (Å²) in [4.78, 5) is 11.1. The van der Waals surface area contributed by atoms with Crippen LogP contribution in [0.3, 0.4) is 0 Å². The second kappa shape index (κ2) is 9.93. The standard InChI is InChI=1S/C11H24N2O2/c1-10(2)5-3-4-7-13-11(14)9-15-8-6-12/h10H,3-9,12H2,1-2H3,(H,13,14). The van der Waals surface area contributed by atoms with Crippen LogP contribution < -0.4 is 11.1 Å². The number of hydrogen-bond donors (Lipinski definition) is 2. The Morgan fingerprint density at radius 2 is 2.13 bits per heavy atom. The zero-order chi connectivity index (χ0) is 11.5. The lowest BCUT2D eigenvalue weighted by Crippen LogP contribution is -2.29. The second-order valence-electron chi connectivity index (χ2n) is 4.08. The van der Waals surface area contributed by atoms with Crippen LogP contribution in [-0.2, 0) is 9.53 Å². The summed E-state index contributed by atoms with van der Waals surface area (Å²) in [6.45, 7) is 6.19. The summed E-state index contributed by atoms with van der Waals surface area (Å²) in [7, 11) is 0. The molecule has 0 spiro atoms. The summed E-state index contributed by atoms with van der Waals surface area (Å²) in [6.07, 6.45) is 3.43. The summed E-state index contributed by atoms with van der Waals surface area (Å²) in [5, 5.41) is 2.81. The summed E-state index contributed by atoms with van der Waals surface area (Å²) < 4.78 is 5.00. The van der Waals surface area contributed by atoms with Crippen molar-refractivity contribution < 1.29 is 9.53 Å². The van der Waals surface area contributed by atoms with Gasteiger partial charge in [0.15, 0.2) is 0 Å². The summed E-state index contributed by atoms with van der Waals surface area (Å²) in [5.74, 6) is 0.696. The Morgan fingerprint density at radius 3 is 2.73 bits per heavy atom. The van der Waals surface area contributed by atoms with Crippen LogP contribution in [0.4, 0.5) is 0 Å². The summed E-state index contributed by atoms with van der Waals surface area (Å²) in [5.41, 5.74) is 5.23. The average Bonchev–Trinajstić information content (AvgIpc) is 2.17. The number of unbranched alkanes of at least 4 members (excludes halogenated alkanes) is 1. The molecule has 0 aliphatic heterocycles. The van der Waals surface area contributed by atoms with E-state index in [9.17, 15) is 4.79 Å². The van der Waals surface area contributed by atoms with Gasteiger partial charge >= 0.3 is 0 Å². The Labute approximate surface area is 92.6 Å². The number of rotatable bonds is 9. The van der Waals surface area contributed by atoms with Crippen molar-refractivity contribution in [3.8, 4) is 0 Å². The van der Waals surface area contributed by atoms with E-state index in [0.717, 1.165) is 18.9 Å². The van der Waals surface area contributed by atoms with Crippen LogP contribution >= 0.6 is 0 Å². The fraction of sp³-hybridized carbons (Fsp3) is 0.909. The fourth-order valence-corrected chi connectivity index (χ4v) is 1.20. The van der Waals surface area contributed by atoms with Crippen molar-refractivity contribution in [2.75, 3.05) is 26.3 Å². The van der Waals surface area contributed by atoms with Crippen molar-refractivity contribution in [2.45, 2.75) is 33.1 Å². The molecular weight excluding hydrogens is 192 g/mol. The van der Waals surface area contributed by atoms with Crippen LogP contribution in [-0.4, -0.2) is 32.2 Å². The Kier molecular flexibility index (Phi) is 9.52. The van der Waals surface area contributed by atoms with E-state index >= 15 is 0 Å². The predicted octanol–water partition coefficient (Wildman–Crippen LogP) is 0.904. The van der Waals surface area contributed by atoms with Gasteiger partial charge in [0.05, 0.1) is 6.61 Å². The molecule has 0 aromatic heterocycles. The molecule has 0 radical (unpaired) electrons. The molecule has 0 saturated carbocycles. The molecule has 0 heterocycles. The Hall–Kier alpha value is -0.610. The largest absolute Gasteiger partial charge is 0.370 e. The third kappa shape index (κ3) is 11.3. The van der Waals surface area contributed by atoms with Gasteiger partial charge in [-0.2, -0.15) is 0 Å². The molecule has 90 valence electrons. The van der Waals surface area contributed by atoms with Gasteiger partial charge in [0, 0.05) is 13.1 Å². The molecule has 0 atom stereocenters. The summed E-state index contributed by atoms with van der Waals surface area (Å²) in [6, 6.07) is 0. The first-order valence-electron chi connectivity index (χ1n) is 5.71. The molecule has 0 rings (SSSR count). The lowest BCUT2D eigenvalue weighted by molar-refractivity contribution is -0.125. The van der Waals surface area contributed by atoms with Crippen LogP contribution in [0.1, 0.15) is 33.1 Å². The van der Waals surface area contributed by atoms with E-state index in [4.69, 9.17) is 10.5 Å². The Morgan fingerprint density at radius 1 is 1.40 bits per heavy atom. The van der Waals surface area contributed by atoms with Gasteiger partial charge < -0.3 is 15.8 Å². The normalized spacial score (nSPS) is 10.7. The van der Waals surface area contributed by atoms with Gasteiger partial charge in [0.1, 0.15) is 6.61 Å². The van der Waals surface area contributed by atoms with E-state index in [2.05, 4.69) is 19.2 Å². The van der Waals surface area contributed by atoms with Crippen molar-refractivity contribution in [3.63, 3.8) is 0 Å². The second-order valence-corrected chi connectivity index (χ2v) is 4.08. The number of nitrogens with two attached hydrogens (primary N) is 1. The smallest absolute Gasteiger partial charge is 0.245 e. The van der Waals surface area contributed by atoms with Crippen molar-refractivity contribution in [1.82, 2.24) is 5.32 Å². The predicted molar refractivity (Wildman–Crippen MR) is 61.6 cm³/mol. The van der Waals surface area contributed by atoms with Crippen LogP contribution in [0, 0.1) is 5.92 Å². The van der Waals surface area contributed by atoms with E-state index in [1.165, 1.54) is 12.8 Å². The van der Waals surface area contributed by atoms with E-state index in [-0.39, 0.29) is 12.5 Å². The molecule has 0 aromatic carbocycles. The maximum atomic E-state index is 11.1. The molecule has 15 heavy (non-hydrogen) atoms. The molecule has 0 aliphatic rings. The SMILES string of the molecule is CC(C)CCCCNC(=O)COCCN. The third-order valence-corrected chi connectivity index (χ3v) is 2.03. The lowest BCUT2D eigenvalue weighted by atomic mass is 10.1. The number of carbonyl (C=O) groups excluding carboxylic acids is 1. The first kappa shape index (κ1) is 14.4. The minimum absolute atomic E-state index is 0.0482. The molecule has 0 bridgehead atoms. The maximum absolute atomic E-state index is 11.1. The van der Waals surface area contributed by atoms with E-state index < -0.39 is 0 Å². The van der Waals surface area contributed by atoms with Crippen molar-refractivity contribution in [3.05, 3.63) is 0 Å². The average molecular weight is 216 g/mol. The van der Waals surface area contributed by atoms with Gasteiger partial charge in [-0.1, -0.05) is 26.7 Å². The first-order chi connectivity index (χ1) is 7.16. The topological polar surface area (TPSA) is 64.3 Å². The van der Waals surface area contributed by atoms with Crippen molar-refractivity contribution in [1.29, 1.82) is 0 Å². The zero-order valence-corrected chi connectivity index (χ0v) is 9.92. The van der Waals surface area contributed by atoms with Crippen molar-refractivity contribution in [2.24, 2.45) is 11.7 Å². The highest BCUT2D eigenvalue weighted by Gasteiger charge is 2.00. The molecule has 0 fully saturated rings. The minimum Gasteiger partial charge on any atom is -0.370 e. The third-order valence-electron chi connectivity index (χ3n) is 2.03. The summed E-state index contributed by atoms with van der Waals surface area (Å²) >= 11 is 0. The van der Waals surface area contributed by atoms with Gasteiger partial charge in [-0.25, -0.2) is 0 Å². The van der Waals surface area contributed by atoms with E-state index in [0.29, 0.717) is 13.2 Å². The molecule has 0 unspecified atom stereocenters. The van der Waals surface area contributed by atoms with Gasteiger partial charge in [-0.05, 0) is 12.3 Å². The van der Waals surface area contributed by atoms with Gasteiger partial charge in [0.2, 0.25) is 5.91 Å². The Balaban J connectivity index is 3.17. The maximum Gasteiger partial charge on any atom is 0.245 e. The Bertz CT molecular complexity index is 161. The van der Waals surface area contributed by atoms with Crippen LogP contribution in [0.15, 0.2) is 0 Å². The highest BCUT2D eigenvalue weighted by molar-refractivity contribution is 5.77. The molecule has 0 aromatic rings. The molecule has 1 amide bonds. The highest BCUT2D eigenvalue weighted by Crippen LogP contribution is 2.04. The van der Waals surface area contributed by atoms with Crippen LogP contribution in [0.2, 0.25) is 0 Å². The first-order valence-corrected chi connectivity index (χ1v) is 5.71. The molecular formula is C11H24N2O2. The zero-order valence-electron chi connectivity index (χ0n) is 9.92. The number of amides is 1. The van der Waals surface area contributed by atoms with Gasteiger partial charge in [0.25, 0.3) is 0 Å². The number of nitrogens with one attached hydrogen (secondary N) is 1. The fourth-order valence-electron chi connectivity index (χ4n) is 1.20. The van der Waals surface area contributed by atoms with Crippen LogP contribution in [0.25, 0.3) is 0 Å². The quantitative estimate of drug-likeness (QED) is 0.563. The molecule has 4 heteroatoms. The van der Waals surface area contributed by atoms with Gasteiger partial charge in [-0.15, -0.1) is 0 Å². The van der Waals surface area contributed by atoms with Crippen LogP contribution in [0.5, 0.6) is 0 Å². The molecule has 3 N–H and O–H groups in total. The monoisotopic (exact) mass is 216 g/mol. The van der Waals surface area contributed by atoms with E-state index in [1.54, 1.807) is 0 Å².